The molecule has 0 radical (unpaired) electrons. The molecule has 2 aliphatic heterocycles. The van der Waals surface area contributed by atoms with E-state index in [1.54, 1.807) is 0 Å². The lowest BCUT2D eigenvalue weighted by Crippen LogP contribution is -2.49. The molecular formula is C21H29NO5. The lowest BCUT2D eigenvalue weighted by atomic mass is 9.98. The van der Waals surface area contributed by atoms with Gasteiger partial charge in [-0.3, -0.25) is 9.69 Å². The van der Waals surface area contributed by atoms with Crippen LogP contribution in [0.4, 0.5) is 0 Å². The fourth-order valence-electron chi connectivity index (χ4n) is 3.99. The highest BCUT2D eigenvalue weighted by Crippen LogP contribution is 2.33. The number of esters is 2. The number of carbonyl (C=O) groups is 2. The zero-order chi connectivity index (χ0) is 19.4. The van der Waals surface area contributed by atoms with Crippen molar-refractivity contribution in [2.45, 2.75) is 57.3 Å². The largest absolute Gasteiger partial charge is 0.463 e. The van der Waals surface area contributed by atoms with Crippen LogP contribution < -0.4 is 0 Å². The normalized spacial score (nSPS) is 25.4. The summed E-state index contributed by atoms with van der Waals surface area (Å²) in [6.45, 7) is 5.34. The number of hydrogen-bond acceptors (Lipinski definition) is 6. The fraction of sp³-hybridized carbons (Fsp3) is 0.619. The molecule has 3 rings (SSSR count). The summed E-state index contributed by atoms with van der Waals surface area (Å²) in [4.78, 5) is 27.0. The lowest BCUT2D eigenvalue weighted by Gasteiger charge is -2.29. The minimum absolute atomic E-state index is 0.0932. The van der Waals surface area contributed by atoms with Crippen molar-refractivity contribution in [3.05, 3.63) is 35.9 Å². The molecule has 1 aromatic carbocycles. The van der Waals surface area contributed by atoms with Gasteiger partial charge in [0, 0.05) is 12.0 Å². The van der Waals surface area contributed by atoms with Gasteiger partial charge in [-0.1, -0.05) is 30.3 Å². The molecule has 6 heteroatoms. The number of aliphatic hydroxyl groups is 1. The zero-order valence-corrected chi connectivity index (χ0v) is 16.1. The average molecular weight is 375 g/mol. The minimum Gasteiger partial charge on any atom is -0.463 e. The van der Waals surface area contributed by atoms with Crippen LogP contribution in [-0.2, 0) is 25.5 Å². The first-order valence-corrected chi connectivity index (χ1v) is 9.75. The summed E-state index contributed by atoms with van der Waals surface area (Å²) < 4.78 is 10.7. The Morgan fingerprint density at radius 2 is 2.00 bits per heavy atom. The Hall–Kier alpha value is -1.92. The van der Waals surface area contributed by atoms with Crippen LogP contribution in [0.2, 0.25) is 0 Å². The first kappa shape index (κ1) is 19.8. The second-order valence-electron chi connectivity index (χ2n) is 7.83. The number of hydrogen-bond donors (Lipinski definition) is 1. The van der Waals surface area contributed by atoms with Crippen LogP contribution in [0.5, 0.6) is 0 Å². The van der Waals surface area contributed by atoms with Crippen LogP contribution >= 0.6 is 0 Å². The molecule has 27 heavy (non-hydrogen) atoms. The predicted octanol–water partition coefficient (Wildman–Crippen LogP) is 1.94. The maximum absolute atomic E-state index is 12.4. The van der Waals surface area contributed by atoms with E-state index in [9.17, 15) is 14.7 Å². The van der Waals surface area contributed by atoms with Crippen LogP contribution in [0, 0.1) is 5.92 Å². The van der Waals surface area contributed by atoms with E-state index in [2.05, 4.69) is 4.90 Å². The van der Waals surface area contributed by atoms with E-state index in [1.165, 1.54) is 20.3 Å². The second-order valence-corrected chi connectivity index (χ2v) is 7.83. The Kier molecular flexibility index (Phi) is 6.17. The molecule has 6 nitrogen and oxygen atoms in total. The van der Waals surface area contributed by atoms with E-state index in [0.717, 1.165) is 31.5 Å². The molecule has 1 aromatic rings. The molecule has 2 heterocycles. The lowest BCUT2D eigenvalue weighted by molar-refractivity contribution is -0.184. The highest BCUT2D eigenvalue weighted by atomic mass is 16.6. The van der Waals surface area contributed by atoms with Gasteiger partial charge in [0.1, 0.15) is 6.10 Å². The number of ether oxygens (including phenoxy) is 2. The van der Waals surface area contributed by atoms with E-state index in [-0.39, 0.29) is 6.42 Å². The van der Waals surface area contributed by atoms with Gasteiger partial charge < -0.3 is 14.6 Å². The first-order chi connectivity index (χ1) is 12.9. The summed E-state index contributed by atoms with van der Waals surface area (Å²) in [5.74, 6) is -0.902. The van der Waals surface area contributed by atoms with E-state index < -0.39 is 23.6 Å². The summed E-state index contributed by atoms with van der Waals surface area (Å²) in [7, 11) is 0. The summed E-state index contributed by atoms with van der Waals surface area (Å²) in [5, 5.41) is 10.6. The number of benzene rings is 1. The second kappa shape index (κ2) is 8.40. The maximum Gasteiger partial charge on any atom is 0.341 e. The van der Waals surface area contributed by atoms with Gasteiger partial charge in [-0.2, -0.15) is 0 Å². The van der Waals surface area contributed by atoms with Gasteiger partial charge in [0.2, 0.25) is 0 Å². The predicted molar refractivity (Wildman–Crippen MR) is 100.0 cm³/mol. The van der Waals surface area contributed by atoms with Gasteiger partial charge >= 0.3 is 11.9 Å². The Morgan fingerprint density at radius 1 is 1.26 bits per heavy atom. The van der Waals surface area contributed by atoms with Gasteiger partial charge in [-0.15, -0.1) is 0 Å². The van der Waals surface area contributed by atoms with Crippen LogP contribution in [0.3, 0.4) is 0 Å². The molecule has 1 N–H and O–H groups in total. The van der Waals surface area contributed by atoms with E-state index >= 15 is 0 Å². The van der Waals surface area contributed by atoms with Crippen LogP contribution in [-0.4, -0.2) is 59.4 Å². The Labute approximate surface area is 160 Å². The highest BCUT2D eigenvalue weighted by molar-refractivity contribution is 5.80. The highest BCUT2D eigenvalue weighted by Gasteiger charge is 2.43. The SMILES string of the molecule is CC(OC(=O)Cc1ccccc1)C(C)(O)C(=O)OCC1CCN2CCCC12. The monoisotopic (exact) mass is 375 g/mol. The summed E-state index contributed by atoms with van der Waals surface area (Å²) in [6.07, 6.45) is 2.46. The van der Waals surface area contributed by atoms with Crippen molar-refractivity contribution in [3.8, 4) is 0 Å². The molecule has 0 aromatic heterocycles. The van der Waals surface area contributed by atoms with Crippen molar-refractivity contribution in [3.63, 3.8) is 0 Å². The van der Waals surface area contributed by atoms with Crippen molar-refractivity contribution in [2.75, 3.05) is 19.7 Å². The van der Waals surface area contributed by atoms with Crippen molar-refractivity contribution >= 4 is 11.9 Å². The molecule has 0 bridgehead atoms. The Morgan fingerprint density at radius 3 is 2.74 bits per heavy atom. The number of rotatable bonds is 7. The standard InChI is InChI=1S/C21H29NO5/c1-15(27-19(23)13-16-7-4-3-5-8-16)21(2,25)20(24)26-14-17-10-12-22-11-6-9-18(17)22/h3-5,7-8,15,17-18,25H,6,9-14H2,1-2H3. The molecule has 4 atom stereocenters. The van der Waals surface area contributed by atoms with Crippen molar-refractivity contribution < 1.29 is 24.2 Å². The van der Waals surface area contributed by atoms with Crippen LogP contribution in [0.1, 0.15) is 38.7 Å². The molecule has 2 aliphatic rings. The molecular weight excluding hydrogens is 346 g/mol. The topological polar surface area (TPSA) is 76.1 Å². The van der Waals surface area contributed by atoms with Gasteiger partial charge in [0.05, 0.1) is 13.0 Å². The smallest absolute Gasteiger partial charge is 0.341 e. The third kappa shape index (κ3) is 4.68. The maximum atomic E-state index is 12.4. The molecule has 2 saturated heterocycles. The summed E-state index contributed by atoms with van der Waals surface area (Å²) >= 11 is 0. The zero-order valence-electron chi connectivity index (χ0n) is 16.1. The molecule has 0 aliphatic carbocycles. The summed E-state index contributed by atoms with van der Waals surface area (Å²) in [5.41, 5.74) is -1.06. The molecule has 2 fully saturated rings. The van der Waals surface area contributed by atoms with Gasteiger partial charge in [0.25, 0.3) is 0 Å². The van der Waals surface area contributed by atoms with Crippen LogP contribution in [0.15, 0.2) is 30.3 Å². The number of fused-ring (bicyclic) bond motifs is 1. The van der Waals surface area contributed by atoms with Gasteiger partial charge in [0.15, 0.2) is 5.60 Å². The van der Waals surface area contributed by atoms with Crippen molar-refractivity contribution in [1.82, 2.24) is 4.90 Å². The van der Waals surface area contributed by atoms with Gasteiger partial charge in [-0.25, -0.2) is 4.79 Å². The number of nitrogens with zero attached hydrogens (tertiary/aromatic N) is 1. The van der Waals surface area contributed by atoms with E-state index in [1.807, 2.05) is 30.3 Å². The molecule has 0 spiro atoms. The van der Waals surface area contributed by atoms with Crippen molar-refractivity contribution in [2.24, 2.45) is 5.92 Å². The Balaban J connectivity index is 1.48. The number of carbonyl (C=O) groups excluding carboxylic acids is 2. The average Bonchev–Trinajstić information content (AvgIpc) is 3.24. The minimum atomic E-state index is -1.87. The van der Waals surface area contributed by atoms with Crippen LogP contribution in [0.25, 0.3) is 0 Å². The quantitative estimate of drug-likeness (QED) is 0.734. The third-order valence-electron chi connectivity index (χ3n) is 5.88. The van der Waals surface area contributed by atoms with E-state index in [4.69, 9.17) is 9.47 Å². The van der Waals surface area contributed by atoms with Gasteiger partial charge in [-0.05, 0) is 51.8 Å². The van der Waals surface area contributed by atoms with Crippen molar-refractivity contribution in [1.29, 1.82) is 0 Å². The first-order valence-electron chi connectivity index (χ1n) is 9.75. The summed E-state index contributed by atoms with van der Waals surface area (Å²) in [6, 6.07) is 9.69. The molecule has 0 amide bonds. The molecule has 148 valence electrons. The molecule has 4 unspecified atom stereocenters. The molecule has 0 saturated carbocycles. The third-order valence-corrected chi connectivity index (χ3v) is 5.88. The Bertz CT molecular complexity index is 660. The fourth-order valence-corrected chi connectivity index (χ4v) is 3.99. The van der Waals surface area contributed by atoms with E-state index in [0.29, 0.717) is 18.6 Å².